The van der Waals surface area contributed by atoms with Crippen molar-refractivity contribution in [2.75, 3.05) is 10.6 Å². The van der Waals surface area contributed by atoms with Crippen molar-refractivity contribution in [3.8, 4) is 0 Å². The maximum Gasteiger partial charge on any atom is 0.227 e. The number of nitrogens with one attached hydrogen (secondary N) is 2. The fraction of sp³-hybridized carbons (Fsp3) is 0.500. The lowest BCUT2D eigenvalue weighted by molar-refractivity contribution is -0.119. The van der Waals surface area contributed by atoms with Crippen LogP contribution in [0.1, 0.15) is 39.5 Å². The third kappa shape index (κ3) is 4.08. The highest BCUT2D eigenvalue weighted by Crippen LogP contribution is 2.30. The van der Waals surface area contributed by atoms with E-state index in [1.165, 1.54) is 0 Å². The molecule has 1 aromatic carbocycles. The third-order valence-corrected chi connectivity index (χ3v) is 3.52. The van der Waals surface area contributed by atoms with Crippen LogP contribution < -0.4 is 10.6 Å². The van der Waals surface area contributed by atoms with Crippen molar-refractivity contribution in [2.45, 2.75) is 39.5 Å². The highest BCUT2D eigenvalue weighted by atomic mass is 16.2. The largest absolute Gasteiger partial charge is 0.326 e. The summed E-state index contributed by atoms with van der Waals surface area (Å²) in [5, 5.41) is 5.78. The molecule has 0 aromatic heterocycles. The molecule has 2 N–H and O–H groups in total. The first kappa shape index (κ1) is 14.6. The summed E-state index contributed by atoms with van der Waals surface area (Å²) in [6.45, 7) is 4.00. The van der Waals surface area contributed by atoms with Crippen molar-refractivity contribution in [2.24, 2.45) is 11.8 Å². The van der Waals surface area contributed by atoms with Gasteiger partial charge in [-0.15, -0.1) is 0 Å². The highest BCUT2D eigenvalue weighted by Gasteiger charge is 2.29. The van der Waals surface area contributed by atoms with Gasteiger partial charge in [0.05, 0.1) is 0 Å². The number of carbonyl (C=O) groups excluding carboxylic acids is 2. The molecule has 1 aromatic rings. The molecule has 1 atom stereocenters. The van der Waals surface area contributed by atoms with Gasteiger partial charge in [0, 0.05) is 23.2 Å². The first-order chi connectivity index (χ1) is 9.60. The van der Waals surface area contributed by atoms with Crippen LogP contribution in [0, 0.1) is 11.8 Å². The van der Waals surface area contributed by atoms with Gasteiger partial charge in [-0.2, -0.15) is 0 Å². The quantitative estimate of drug-likeness (QED) is 0.835. The lowest BCUT2D eigenvalue weighted by Crippen LogP contribution is -2.20. The zero-order chi connectivity index (χ0) is 14.5. The van der Waals surface area contributed by atoms with E-state index < -0.39 is 0 Å². The molecular formula is C16H22N2O2. The van der Waals surface area contributed by atoms with Crippen LogP contribution in [-0.2, 0) is 9.59 Å². The van der Waals surface area contributed by atoms with E-state index in [1.54, 1.807) is 6.07 Å². The van der Waals surface area contributed by atoms with Crippen LogP contribution in [0.15, 0.2) is 24.3 Å². The Morgan fingerprint density at radius 2 is 1.90 bits per heavy atom. The summed E-state index contributed by atoms with van der Waals surface area (Å²) < 4.78 is 0. The molecule has 4 heteroatoms. The van der Waals surface area contributed by atoms with Gasteiger partial charge in [0.25, 0.3) is 0 Å². The summed E-state index contributed by atoms with van der Waals surface area (Å²) in [6.07, 6.45) is 3.84. The van der Waals surface area contributed by atoms with Crippen LogP contribution in [0.4, 0.5) is 11.4 Å². The smallest absolute Gasteiger partial charge is 0.227 e. The number of benzene rings is 1. The van der Waals surface area contributed by atoms with Crippen LogP contribution in [0.25, 0.3) is 0 Å². The van der Waals surface area contributed by atoms with Gasteiger partial charge in [-0.3, -0.25) is 9.59 Å². The van der Waals surface area contributed by atoms with Crippen molar-refractivity contribution in [3.63, 3.8) is 0 Å². The van der Waals surface area contributed by atoms with E-state index in [4.69, 9.17) is 0 Å². The topological polar surface area (TPSA) is 58.2 Å². The Morgan fingerprint density at radius 3 is 2.50 bits per heavy atom. The number of hydrogen-bond acceptors (Lipinski definition) is 2. The lowest BCUT2D eigenvalue weighted by Gasteiger charge is -2.12. The third-order valence-electron chi connectivity index (χ3n) is 3.52. The molecule has 0 bridgehead atoms. The van der Waals surface area contributed by atoms with Gasteiger partial charge < -0.3 is 10.6 Å². The first-order valence-electron chi connectivity index (χ1n) is 7.32. The SMILES string of the molecule is CCCC(C)C(=O)Nc1cccc(NC(=O)C2CC2)c1. The summed E-state index contributed by atoms with van der Waals surface area (Å²) in [4.78, 5) is 23.7. The van der Waals surface area contributed by atoms with Gasteiger partial charge in [0.15, 0.2) is 0 Å². The Labute approximate surface area is 119 Å². The monoisotopic (exact) mass is 274 g/mol. The van der Waals surface area contributed by atoms with E-state index in [-0.39, 0.29) is 23.7 Å². The fourth-order valence-corrected chi connectivity index (χ4v) is 2.09. The molecule has 0 aliphatic heterocycles. The molecule has 1 unspecified atom stereocenters. The molecule has 4 nitrogen and oxygen atoms in total. The Bertz CT molecular complexity index is 495. The predicted molar refractivity (Wildman–Crippen MR) is 80.5 cm³/mol. The average Bonchev–Trinajstić information content (AvgIpc) is 3.23. The van der Waals surface area contributed by atoms with Gasteiger partial charge in [0.2, 0.25) is 11.8 Å². The predicted octanol–water partition coefficient (Wildman–Crippen LogP) is 3.41. The van der Waals surface area contributed by atoms with Crippen molar-refractivity contribution < 1.29 is 9.59 Å². The minimum absolute atomic E-state index is 0.00436. The molecule has 1 aliphatic carbocycles. The maximum absolute atomic E-state index is 12.0. The Morgan fingerprint density at radius 1 is 1.25 bits per heavy atom. The molecule has 2 amide bonds. The van der Waals surface area contributed by atoms with Gasteiger partial charge >= 0.3 is 0 Å². The minimum atomic E-state index is 0.00436. The van der Waals surface area contributed by atoms with Crippen molar-refractivity contribution in [3.05, 3.63) is 24.3 Å². The second kappa shape index (κ2) is 6.55. The van der Waals surface area contributed by atoms with Crippen LogP contribution in [0.2, 0.25) is 0 Å². The lowest BCUT2D eigenvalue weighted by atomic mass is 10.1. The minimum Gasteiger partial charge on any atom is -0.326 e. The summed E-state index contributed by atoms with van der Waals surface area (Å²) in [7, 11) is 0. The van der Waals surface area contributed by atoms with E-state index in [0.29, 0.717) is 0 Å². The zero-order valence-corrected chi connectivity index (χ0v) is 12.1. The standard InChI is InChI=1S/C16H22N2O2/c1-3-5-11(2)15(19)17-13-6-4-7-14(10-13)18-16(20)12-8-9-12/h4,6-7,10-12H,3,5,8-9H2,1-2H3,(H,17,19)(H,18,20). The van der Waals surface area contributed by atoms with Crippen LogP contribution >= 0.6 is 0 Å². The molecule has 1 saturated carbocycles. The molecule has 20 heavy (non-hydrogen) atoms. The maximum atomic E-state index is 12.0. The molecule has 108 valence electrons. The normalized spacial score (nSPS) is 15.5. The molecule has 1 aliphatic rings. The average molecular weight is 274 g/mol. The second-order valence-corrected chi connectivity index (χ2v) is 5.52. The van der Waals surface area contributed by atoms with Crippen molar-refractivity contribution in [1.29, 1.82) is 0 Å². The second-order valence-electron chi connectivity index (χ2n) is 5.52. The van der Waals surface area contributed by atoms with Crippen molar-refractivity contribution >= 4 is 23.2 Å². The fourth-order valence-electron chi connectivity index (χ4n) is 2.09. The van der Waals surface area contributed by atoms with E-state index >= 15 is 0 Å². The Kier molecular flexibility index (Phi) is 4.77. The van der Waals surface area contributed by atoms with Crippen LogP contribution in [0.5, 0.6) is 0 Å². The molecule has 0 saturated heterocycles. The number of hydrogen-bond donors (Lipinski definition) is 2. The Balaban J connectivity index is 1.94. The van der Waals surface area contributed by atoms with Gasteiger partial charge in [-0.05, 0) is 37.5 Å². The molecule has 0 heterocycles. The molecule has 2 rings (SSSR count). The van der Waals surface area contributed by atoms with E-state index in [2.05, 4.69) is 17.6 Å². The van der Waals surface area contributed by atoms with Gasteiger partial charge in [0.1, 0.15) is 0 Å². The number of anilines is 2. The summed E-state index contributed by atoms with van der Waals surface area (Å²) in [6, 6.07) is 7.31. The summed E-state index contributed by atoms with van der Waals surface area (Å²) >= 11 is 0. The van der Waals surface area contributed by atoms with Gasteiger partial charge in [-0.1, -0.05) is 26.3 Å². The van der Waals surface area contributed by atoms with E-state index in [0.717, 1.165) is 37.1 Å². The summed E-state index contributed by atoms with van der Waals surface area (Å²) in [5.74, 6) is 0.285. The van der Waals surface area contributed by atoms with Crippen LogP contribution in [0.3, 0.4) is 0 Å². The van der Waals surface area contributed by atoms with Crippen molar-refractivity contribution in [1.82, 2.24) is 0 Å². The number of amides is 2. The number of carbonyl (C=O) groups is 2. The molecule has 0 spiro atoms. The number of rotatable bonds is 6. The molecule has 0 radical (unpaired) electrons. The van der Waals surface area contributed by atoms with E-state index in [1.807, 2.05) is 25.1 Å². The Hall–Kier alpha value is -1.84. The molecular weight excluding hydrogens is 252 g/mol. The first-order valence-corrected chi connectivity index (χ1v) is 7.32. The van der Waals surface area contributed by atoms with E-state index in [9.17, 15) is 9.59 Å². The zero-order valence-electron chi connectivity index (χ0n) is 12.1. The van der Waals surface area contributed by atoms with Gasteiger partial charge in [-0.25, -0.2) is 0 Å². The highest BCUT2D eigenvalue weighted by molar-refractivity contribution is 5.96. The molecule has 1 fully saturated rings. The summed E-state index contributed by atoms with van der Waals surface area (Å²) in [5.41, 5.74) is 1.47. The van der Waals surface area contributed by atoms with Crippen LogP contribution in [-0.4, -0.2) is 11.8 Å².